The number of carbonyl (C=O) groups is 1. The van der Waals surface area contributed by atoms with Crippen molar-refractivity contribution >= 4 is 16.7 Å². The van der Waals surface area contributed by atoms with Crippen molar-refractivity contribution in [1.29, 1.82) is 0 Å². The molecular formula is C21H21N3O. The summed E-state index contributed by atoms with van der Waals surface area (Å²) in [6.07, 6.45) is 3.65. The summed E-state index contributed by atoms with van der Waals surface area (Å²) in [6.45, 7) is 2.12. The smallest absolute Gasteiger partial charge is 0.225 e. The molecule has 1 aliphatic rings. The van der Waals surface area contributed by atoms with E-state index in [-0.39, 0.29) is 17.7 Å². The molecule has 0 radical (unpaired) electrons. The molecule has 2 N–H and O–H groups in total. The molecule has 2 heterocycles. The zero-order chi connectivity index (χ0) is 17.1. The average molecular weight is 331 g/mol. The number of benzene rings is 2. The van der Waals surface area contributed by atoms with Crippen LogP contribution in [0.5, 0.6) is 0 Å². The molecule has 4 heteroatoms. The Bertz CT molecular complexity index is 873. The molecule has 1 fully saturated rings. The number of nitrogens with zero attached hydrogens (tertiary/aromatic N) is 1. The van der Waals surface area contributed by atoms with Crippen LogP contribution < -0.4 is 10.6 Å². The van der Waals surface area contributed by atoms with Crippen LogP contribution in [0.1, 0.15) is 17.0 Å². The molecule has 4 nitrogen and oxygen atoms in total. The minimum absolute atomic E-state index is 0.0287. The molecule has 3 aromatic rings. The van der Waals surface area contributed by atoms with Crippen LogP contribution in [0.25, 0.3) is 10.8 Å². The molecule has 0 aliphatic carbocycles. The van der Waals surface area contributed by atoms with Gasteiger partial charge in [0.1, 0.15) is 0 Å². The lowest BCUT2D eigenvalue weighted by atomic mass is 9.88. The minimum atomic E-state index is -0.0287. The number of fused-ring (bicyclic) bond motifs is 1. The van der Waals surface area contributed by atoms with Crippen LogP contribution in [-0.2, 0) is 11.3 Å². The quantitative estimate of drug-likeness (QED) is 0.773. The summed E-state index contributed by atoms with van der Waals surface area (Å²) < 4.78 is 0. The second-order valence-corrected chi connectivity index (χ2v) is 6.51. The van der Waals surface area contributed by atoms with E-state index in [0.29, 0.717) is 6.54 Å². The van der Waals surface area contributed by atoms with E-state index in [1.54, 1.807) is 6.20 Å². The second-order valence-electron chi connectivity index (χ2n) is 6.51. The molecule has 1 aromatic heterocycles. The normalized spacial score (nSPS) is 19.8. The van der Waals surface area contributed by atoms with Crippen molar-refractivity contribution in [3.05, 3.63) is 78.1 Å². The molecule has 1 saturated heterocycles. The standard InChI is InChI=1S/C21H21N3O/c25-21(20-14-23-13-19(20)15-5-2-1-3-6-15)24-12-17-8-4-7-16-11-22-10-9-18(16)17/h1-11,19-20,23H,12-14H2,(H,24,25)/t19-,20+/m1/s1. The Balaban J connectivity index is 1.48. The number of aromatic nitrogens is 1. The van der Waals surface area contributed by atoms with E-state index >= 15 is 0 Å². The van der Waals surface area contributed by atoms with Gasteiger partial charge in [0.15, 0.2) is 0 Å². The van der Waals surface area contributed by atoms with Gasteiger partial charge in [-0.25, -0.2) is 0 Å². The predicted molar refractivity (Wildman–Crippen MR) is 99.1 cm³/mol. The molecule has 0 bridgehead atoms. The highest BCUT2D eigenvalue weighted by atomic mass is 16.1. The molecule has 2 aromatic carbocycles. The summed E-state index contributed by atoms with van der Waals surface area (Å²) >= 11 is 0. The van der Waals surface area contributed by atoms with Gasteiger partial charge in [-0.2, -0.15) is 0 Å². The van der Waals surface area contributed by atoms with Gasteiger partial charge in [0.25, 0.3) is 0 Å². The number of rotatable bonds is 4. The SMILES string of the molecule is O=C(NCc1cccc2cnccc12)[C@H]1CNC[C@@H]1c1ccccc1. The van der Waals surface area contributed by atoms with Gasteiger partial charge in [-0.3, -0.25) is 9.78 Å². The zero-order valence-electron chi connectivity index (χ0n) is 14.0. The van der Waals surface area contributed by atoms with Gasteiger partial charge in [0, 0.05) is 43.3 Å². The summed E-state index contributed by atoms with van der Waals surface area (Å²) in [5.74, 6) is 0.321. The Hall–Kier alpha value is -2.72. The Morgan fingerprint density at radius 2 is 1.96 bits per heavy atom. The molecule has 2 atom stereocenters. The van der Waals surface area contributed by atoms with Gasteiger partial charge < -0.3 is 10.6 Å². The third-order valence-electron chi connectivity index (χ3n) is 5.00. The second kappa shape index (κ2) is 7.03. The zero-order valence-corrected chi connectivity index (χ0v) is 14.0. The Morgan fingerprint density at radius 3 is 2.84 bits per heavy atom. The predicted octanol–water partition coefficient (Wildman–Crippen LogP) is 2.85. The summed E-state index contributed by atoms with van der Waals surface area (Å²) in [5.41, 5.74) is 2.35. The lowest BCUT2D eigenvalue weighted by Gasteiger charge is -2.19. The first kappa shape index (κ1) is 15.8. The summed E-state index contributed by atoms with van der Waals surface area (Å²) in [7, 11) is 0. The van der Waals surface area contributed by atoms with Gasteiger partial charge >= 0.3 is 0 Å². The van der Waals surface area contributed by atoms with Crippen LogP contribution in [0.2, 0.25) is 0 Å². The van der Waals surface area contributed by atoms with E-state index in [2.05, 4.69) is 33.8 Å². The first-order valence-electron chi connectivity index (χ1n) is 8.68. The van der Waals surface area contributed by atoms with Crippen LogP contribution >= 0.6 is 0 Å². The van der Waals surface area contributed by atoms with Crippen molar-refractivity contribution in [3.8, 4) is 0 Å². The molecule has 25 heavy (non-hydrogen) atoms. The summed E-state index contributed by atoms with van der Waals surface area (Å²) in [4.78, 5) is 16.9. The van der Waals surface area contributed by atoms with E-state index in [9.17, 15) is 4.79 Å². The number of hydrogen-bond acceptors (Lipinski definition) is 3. The van der Waals surface area contributed by atoms with E-state index in [0.717, 1.165) is 29.4 Å². The first-order valence-corrected chi connectivity index (χ1v) is 8.68. The van der Waals surface area contributed by atoms with Crippen LogP contribution in [0.15, 0.2) is 67.0 Å². The number of amides is 1. The Morgan fingerprint density at radius 1 is 1.08 bits per heavy atom. The van der Waals surface area contributed by atoms with Crippen molar-refractivity contribution in [3.63, 3.8) is 0 Å². The summed E-state index contributed by atoms with van der Waals surface area (Å²) in [5, 5.41) is 8.73. The van der Waals surface area contributed by atoms with Gasteiger partial charge in [0.05, 0.1) is 5.92 Å². The fourth-order valence-electron chi connectivity index (χ4n) is 3.66. The number of hydrogen-bond donors (Lipinski definition) is 2. The Kier molecular flexibility index (Phi) is 4.44. The van der Waals surface area contributed by atoms with Crippen LogP contribution in [0, 0.1) is 5.92 Å². The fourth-order valence-corrected chi connectivity index (χ4v) is 3.66. The number of carbonyl (C=O) groups excluding carboxylic acids is 1. The molecule has 0 spiro atoms. The molecule has 4 rings (SSSR count). The van der Waals surface area contributed by atoms with Crippen molar-refractivity contribution in [2.75, 3.05) is 13.1 Å². The van der Waals surface area contributed by atoms with Crippen LogP contribution in [0.3, 0.4) is 0 Å². The third kappa shape index (κ3) is 3.26. The van der Waals surface area contributed by atoms with Crippen molar-refractivity contribution < 1.29 is 4.79 Å². The fraction of sp³-hybridized carbons (Fsp3) is 0.238. The van der Waals surface area contributed by atoms with Crippen LogP contribution in [0.4, 0.5) is 0 Å². The van der Waals surface area contributed by atoms with Crippen molar-refractivity contribution in [2.45, 2.75) is 12.5 Å². The molecule has 126 valence electrons. The topological polar surface area (TPSA) is 54.0 Å². The molecule has 1 aliphatic heterocycles. The summed E-state index contributed by atoms with van der Waals surface area (Å²) in [6, 6.07) is 18.4. The average Bonchev–Trinajstić information content (AvgIpc) is 3.17. The highest BCUT2D eigenvalue weighted by Crippen LogP contribution is 2.28. The van der Waals surface area contributed by atoms with Gasteiger partial charge in [0.2, 0.25) is 5.91 Å². The van der Waals surface area contributed by atoms with Crippen molar-refractivity contribution in [1.82, 2.24) is 15.6 Å². The van der Waals surface area contributed by atoms with E-state index < -0.39 is 0 Å². The maximum Gasteiger partial charge on any atom is 0.225 e. The lowest BCUT2D eigenvalue weighted by Crippen LogP contribution is -2.34. The van der Waals surface area contributed by atoms with E-state index in [4.69, 9.17) is 0 Å². The van der Waals surface area contributed by atoms with Crippen LogP contribution in [-0.4, -0.2) is 24.0 Å². The lowest BCUT2D eigenvalue weighted by molar-refractivity contribution is -0.125. The van der Waals surface area contributed by atoms with Gasteiger partial charge in [-0.1, -0.05) is 48.5 Å². The Labute approximate surface area is 147 Å². The van der Waals surface area contributed by atoms with E-state index in [1.165, 1.54) is 5.56 Å². The van der Waals surface area contributed by atoms with E-state index in [1.807, 2.05) is 42.6 Å². The molecular weight excluding hydrogens is 310 g/mol. The molecule has 0 unspecified atom stereocenters. The van der Waals surface area contributed by atoms with Gasteiger partial charge in [-0.05, 0) is 22.6 Å². The number of nitrogens with one attached hydrogen (secondary N) is 2. The monoisotopic (exact) mass is 331 g/mol. The molecule has 0 saturated carbocycles. The molecule has 1 amide bonds. The first-order chi connectivity index (χ1) is 12.3. The maximum absolute atomic E-state index is 12.8. The maximum atomic E-state index is 12.8. The number of pyridine rings is 1. The van der Waals surface area contributed by atoms with Gasteiger partial charge in [-0.15, -0.1) is 0 Å². The highest BCUT2D eigenvalue weighted by Gasteiger charge is 2.33. The largest absolute Gasteiger partial charge is 0.352 e. The highest BCUT2D eigenvalue weighted by molar-refractivity contribution is 5.86. The third-order valence-corrected chi connectivity index (χ3v) is 5.00. The van der Waals surface area contributed by atoms with Crippen molar-refractivity contribution in [2.24, 2.45) is 5.92 Å². The minimum Gasteiger partial charge on any atom is -0.352 e.